The van der Waals surface area contributed by atoms with Crippen LogP contribution >= 0.6 is 24.0 Å². The standard InChI is InChI=1S/C11H23N.HI/c1-3-7-11(8-4-2)12-9-5-6-10-12;/h11H,3-10H2,1-2H3;1H. The average Bonchev–Trinajstić information content (AvgIpc) is 2.56. The second kappa shape index (κ2) is 8.04. The van der Waals surface area contributed by atoms with Crippen LogP contribution in [0.1, 0.15) is 52.4 Å². The van der Waals surface area contributed by atoms with Gasteiger partial charge in [-0.1, -0.05) is 26.7 Å². The molecule has 80 valence electrons. The minimum absolute atomic E-state index is 0. The normalized spacial score (nSPS) is 17.8. The van der Waals surface area contributed by atoms with Crippen molar-refractivity contribution >= 4 is 24.0 Å². The number of halogens is 1. The Morgan fingerprint density at radius 3 is 1.85 bits per heavy atom. The van der Waals surface area contributed by atoms with Gasteiger partial charge in [-0.3, -0.25) is 0 Å². The van der Waals surface area contributed by atoms with Gasteiger partial charge in [-0.2, -0.15) is 0 Å². The van der Waals surface area contributed by atoms with Gasteiger partial charge in [-0.25, -0.2) is 0 Å². The number of likely N-dealkylation sites (tertiary alicyclic amines) is 1. The summed E-state index contributed by atoms with van der Waals surface area (Å²) in [5.41, 5.74) is 0. The molecule has 0 amide bonds. The fourth-order valence-electron chi connectivity index (χ4n) is 2.28. The minimum Gasteiger partial charge on any atom is -0.300 e. The van der Waals surface area contributed by atoms with E-state index >= 15 is 0 Å². The molecule has 1 fully saturated rings. The van der Waals surface area contributed by atoms with Crippen LogP contribution in [0.2, 0.25) is 0 Å². The molecule has 1 heterocycles. The molecule has 0 aromatic heterocycles. The number of nitrogens with zero attached hydrogens (tertiary/aromatic N) is 1. The van der Waals surface area contributed by atoms with Crippen LogP contribution in [-0.2, 0) is 0 Å². The lowest BCUT2D eigenvalue weighted by molar-refractivity contribution is 0.216. The van der Waals surface area contributed by atoms with E-state index in [1.807, 2.05) is 0 Å². The molecule has 0 aromatic rings. The molecule has 0 bridgehead atoms. The van der Waals surface area contributed by atoms with Crippen LogP contribution in [0.15, 0.2) is 0 Å². The maximum absolute atomic E-state index is 2.70. The molecule has 0 spiro atoms. The molecule has 2 heteroatoms. The van der Waals surface area contributed by atoms with Gasteiger partial charge in [-0.05, 0) is 38.8 Å². The molecule has 1 saturated heterocycles. The zero-order chi connectivity index (χ0) is 8.81. The lowest BCUT2D eigenvalue weighted by atomic mass is 10.1. The zero-order valence-electron chi connectivity index (χ0n) is 9.09. The molecule has 13 heavy (non-hydrogen) atoms. The molecule has 1 nitrogen and oxygen atoms in total. The van der Waals surface area contributed by atoms with Crippen molar-refractivity contribution in [1.82, 2.24) is 4.90 Å². The van der Waals surface area contributed by atoms with Gasteiger partial charge in [0.25, 0.3) is 0 Å². The summed E-state index contributed by atoms with van der Waals surface area (Å²) in [5.74, 6) is 0. The molecule has 0 radical (unpaired) electrons. The molecule has 0 saturated carbocycles. The van der Waals surface area contributed by atoms with E-state index in [1.165, 1.54) is 51.6 Å². The largest absolute Gasteiger partial charge is 0.300 e. The highest BCUT2D eigenvalue weighted by Gasteiger charge is 2.19. The Morgan fingerprint density at radius 2 is 1.46 bits per heavy atom. The Morgan fingerprint density at radius 1 is 1.00 bits per heavy atom. The molecule has 0 aromatic carbocycles. The first-order chi connectivity index (χ1) is 5.88. The molecule has 0 unspecified atom stereocenters. The fraction of sp³-hybridized carbons (Fsp3) is 1.00. The molecule has 0 atom stereocenters. The van der Waals surface area contributed by atoms with Gasteiger partial charge in [0, 0.05) is 6.04 Å². The van der Waals surface area contributed by atoms with E-state index < -0.39 is 0 Å². The minimum atomic E-state index is 0. The third-order valence-electron chi connectivity index (χ3n) is 2.90. The Hall–Kier alpha value is 0.690. The van der Waals surface area contributed by atoms with Crippen LogP contribution < -0.4 is 0 Å². The van der Waals surface area contributed by atoms with Crippen LogP contribution in [-0.4, -0.2) is 24.0 Å². The molecule has 1 rings (SSSR count). The van der Waals surface area contributed by atoms with Crippen molar-refractivity contribution in [2.24, 2.45) is 0 Å². The van der Waals surface area contributed by atoms with E-state index in [2.05, 4.69) is 18.7 Å². The van der Waals surface area contributed by atoms with Crippen molar-refractivity contribution in [3.8, 4) is 0 Å². The van der Waals surface area contributed by atoms with Crippen LogP contribution in [0.5, 0.6) is 0 Å². The molecule has 1 aliphatic heterocycles. The summed E-state index contributed by atoms with van der Waals surface area (Å²) in [7, 11) is 0. The molecule has 0 aliphatic carbocycles. The maximum atomic E-state index is 2.70. The van der Waals surface area contributed by atoms with Gasteiger partial charge in [0.15, 0.2) is 0 Å². The first-order valence-electron chi connectivity index (χ1n) is 5.62. The fourth-order valence-corrected chi connectivity index (χ4v) is 2.28. The van der Waals surface area contributed by atoms with Crippen molar-refractivity contribution in [2.75, 3.05) is 13.1 Å². The van der Waals surface area contributed by atoms with E-state index in [4.69, 9.17) is 0 Å². The second-order valence-corrected chi connectivity index (χ2v) is 3.97. The summed E-state index contributed by atoms with van der Waals surface area (Å²) in [6.07, 6.45) is 8.39. The van der Waals surface area contributed by atoms with Gasteiger partial charge in [0.1, 0.15) is 0 Å². The van der Waals surface area contributed by atoms with E-state index in [1.54, 1.807) is 0 Å². The van der Waals surface area contributed by atoms with Crippen molar-refractivity contribution in [3.63, 3.8) is 0 Å². The summed E-state index contributed by atoms with van der Waals surface area (Å²) in [6.45, 7) is 7.34. The Kier molecular flexibility index (Phi) is 8.46. The monoisotopic (exact) mass is 297 g/mol. The van der Waals surface area contributed by atoms with Crippen LogP contribution in [0.4, 0.5) is 0 Å². The SMILES string of the molecule is CCCC(CCC)N1CCCC1.I. The van der Waals surface area contributed by atoms with Gasteiger partial charge >= 0.3 is 0 Å². The van der Waals surface area contributed by atoms with E-state index in [0.29, 0.717) is 0 Å². The van der Waals surface area contributed by atoms with Crippen LogP contribution in [0.25, 0.3) is 0 Å². The summed E-state index contributed by atoms with van der Waals surface area (Å²) < 4.78 is 0. The average molecular weight is 297 g/mol. The Labute approximate surface area is 100 Å². The lowest BCUT2D eigenvalue weighted by Crippen LogP contribution is -2.32. The highest BCUT2D eigenvalue weighted by molar-refractivity contribution is 14.0. The quantitative estimate of drug-likeness (QED) is 0.700. The summed E-state index contributed by atoms with van der Waals surface area (Å²) in [6, 6.07) is 0.905. The third kappa shape index (κ3) is 4.63. The van der Waals surface area contributed by atoms with Crippen molar-refractivity contribution in [1.29, 1.82) is 0 Å². The highest BCUT2D eigenvalue weighted by atomic mass is 127. The first-order valence-corrected chi connectivity index (χ1v) is 5.62. The maximum Gasteiger partial charge on any atom is 0.00950 e. The van der Waals surface area contributed by atoms with Crippen LogP contribution in [0.3, 0.4) is 0 Å². The molecule has 0 N–H and O–H groups in total. The van der Waals surface area contributed by atoms with Gasteiger partial charge in [-0.15, -0.1) is 24.0 Å². The molecular formula is C11H24IN. The van der Waals surface area contributed by atoms with Gasteiger partial charge < -0.3 is 4.90 Å². The smallest absolute Gasteiger partial charge is 0.00950 e. The van der Waals surface area contributed by atoms with Crippen molar-refractivity contribution in [2.45, 2.75) is 58.4 Å². The first kappa shape index (κ1) is 13.7. The van der Waals surface area contributed by atoms with Crippen LogP contribution in [0, 0.1) is 0 Å². The predicted octanol–water partition coefficient (Wildman–Crippen LogP) is 3.67. The lowest BCUT2D eigenvalue weighted by Gasteiger charge is -2.26. The van der Waals surface area contributed by atoms with E-state index in [9.17, 15) is 0 Å². The number of hydrogen-bond acceptors (Lipinski definition) is 1. The highest BCUT2D eigenvalue weighted by Crippen LogP contribution is 2.18. The number of rotatable bonds is 5. The number of hydrogen-bond donors (Lipinski definition) is 0. The predicted molar refractivity (Wildman–Crippen MR) is 69.8 cm³/mol. The Bertz CT molecular complexity index is 105. The summed E-state index contributed by atoms with van der Waals surface area (Å²) in [4.78, 5) is 2.70. The Balaban J connectivity index is 0.00000144. The van der Waals surface area contributed by atoms with Gasteiger partial charge in [0.2, 0.25) is 0 Å². The van der Waals surface area contributed by atoms with Crippen molar-refractivity contribution in [3.05, 3.63) is 0 Å². The molecule has 1 aliphatic rings. The topological polar surface area (TPSA) is 3.24 Å². The summed E-state index contributed by atoms with van der Waals surface area (Å²) >= 11 is 0. The second-order valence-electron chi connectivity index (χ2n) is 3.97. The molecular weight excluding hydrogens is 273 g/mol. The van der Waals surface area contributed by atoms with E-state index in [0.717, 1.165) is 6.04 Å². The summed E-state index contributed by atoms with van der Waals surface area (Å²) in [5, 5.41) is 0. The van der Waals surface area contributed by atoms with Crippen molar-refractivity contribution < 1.29 is 0 Å². The zero-order valence-corrected chi connectivity index (χ0v) is 11.4. The third-order valence-corrected chi connectivity index (χ3v) is 2.90. The van der Waals surface area contributed by atoms with E-state index in [-0.39, 0.29) is 24.0 Å². The van der Waals surface area contributed by atoms with Gasteiger partial charge in [0.05, 0.1) is 0 Å².